The minimum Gasteiger partial charge on any atom is -0.396 e. The molecule has 124 valence electrons. The standard InChI is InChI=1S/C11H14N6O5S/c12-11-14-9(16-22-23(19,20)21)8-10(15-11)17(5-13-8)7-2-1-6(3-7)4-18/h1-2,5-7,18H,3-4H2,(H,19,20,21)(H3,12,14,15,16). The van der Waals surface area contributed by atoms with E-state index in [9.17, 15) is 13.5 Å². The monoisotopic (exact) mass is 342 g/mol. The van der Waals surface area contributed by atoms with Crippen molar-refractivity contribution in [1.29, 1.82) is 0 Å². The normalized spacial score (nSPS) is 21.1. The topological polar surface area (TPSA) is 165 Å². The molecule has 2 aromatic heterocycles. The lowest BCUT2D eigenvalue weighted by atomic mass is 10.1. The molecule has 0 aliphatic heterocycles. The number of aromatic nitrogens is 4. The van der Waals surface area contributed by atoms with Crippen LogP contribution in [0.1, 0.15) is 12.5 Å². The number of nitrogens with two attached hydrogens (primary N) is 1. The highest BCUT2D eigenvalue weighted by Gasteiger charge is 2.23. The van der Waals surface area contributed by atoms with Crippen LogP contribution in [0.5, 0.6) is 0 Å². The van der Waals surface area contributed by atoms with Gasteiger partial charge in [0.05, 0.1) is 12.4 Å². The van der Waals surface area contributed by atoms with Crippen molar-refractivity contribution < 1.29 is 22.4 Å². The smallest absolute Gasteiger partial charge is 0.396 e. The minimum absolute atomic E-state index is 0.0474. The summed E-state index contributed by atoms with van der Waals surface area (Å²) in [5.41, 5.74) is 8.20. The molecule has 0 spiro atoms. The molecule has 2 aromatic rings. The molecule has 2 atom stereocenters. The fourth-order valence-corrected chi connectivity index (χ4v) is 2.62. The third-order valence-electron chi connectivity index (χ3n) is 3.42. The van der Waals surface area contributed by atoms with E-state index in [1.807, 2.05) is 17.6 Å². The summed E-state index contributed by atoms with van der Waals surface area (Å²) in [6, 6.07) is -0.0678. The first-order valence-electron chi connectivity index (χ1n) is 6.58. The van der Waals surface area contributed by atoms with E-state index in [1.54, 1.807) is 4.57 Å². The molecule has 5 N–H and O–H groups in total. The Hall–Kier alpha value is -2.28. The van der Waals surface area contributed by atoms with Crippen molar-refractivity contribution in [1.82, 2.24) is 19.5 Å². The molecule has 0 radical (unpaired) electrons. The zero-order valence-electron chi connectivity index (χ0n) is 11.7. The van der Waals surface area contributed by atoms with Crippen LogP contribution in [0.2, 0.25) is 0 Å². The molecule has 0 bridgehead atoms. The van der Waals surface area contributed by atoms with Gasteiger partial charge in [-0.3, -0.25) is 4.55 Å². The van der Waals surface area contributed by atoms with E-state index >= 15 is 0 Å². The fourth-order valence-electron chi connectivity index (χ4n) is 2.43. The maximum absolute atomic E-state index is 10.6. The maximum atomic E-state index is 10.6. The first-order valence-corrected chi connectivity index (χ1v) is 7.95. The molecular weight excluding hydrogens is 328 g/mol. The van der Waals surface area contributed by atoms with Gasteiger partial charge in [0, 0.05) is 12.5 Å². The Labute approximate surface area is 130 Å². The SMILES string of the molecule is Nc1nc(NOS(=O)(=O)O)c2ncn(C3C=CC(CO)C3)c2n1. The van der Waals surface area contributed by atoms with E-state index in [2.05, 4.69) is 19.2 Å². The lowest BCUT2D eigenvalue weighted by molar-refractivity contribution is 0.244. The molecule has 0 saturated heterocycles. The van der Waals surface area contributed by atoms with Crippen LogP contribution in [0.3, 0.4) is 0 Å². The van der Waals surface area contributed by atoms with Crippen molar-refractivity contribution in [2.75, 3.05) is 17.8 Å². The molecule has 0 fully saturated rings. The van der Waals surface area contributed by atoms with E-state index in [-0.39, 0.29) is 35.8 Å². The van der Waals surface area contributed by atoms with Crippen LogP contribution in [0, 0.1) is 5.92 Å². The van der Waals surface area contributed by atoms with Crippen LogP contribution in [0.15, 0.2) is 18.5 Å². The van der Waals surface area contributed by atoms with Crippen molar-refractivity contribution in [2.45, 2.75) is 12.5 Å². The molecule has 2 unspecified atom stereocenters. The van der Waals surface area contributed by atoms with Gasteiger partial charge in [-0.15, -0.1) is 4.28 Å². The number of aliphatic hydroxyl groups excluding tert-OH is 1. The largest absolute Gasteiger partial charge is 0.418 e. The van der Waals surface area contributed by atoms with Crippen molar-refractivity contribution in [3.8, 4) is 0 Å². The summed E-state index contributed by atoms with van der Waals surface area (Å²) in [6.45, 7) is 0.0474. The Morgan fingerprint density at radius 1 is 1.43 bits per heavy atom. The molecule has 0 aromatic carbocycles. The summed E-state index contributed by atoms with van der Waals surface area (Å²) in [5, 5.41) is 9.20. The van der Waals surface area contributed by atoms with Gasteiger partial charge in [0.25, 0.3) is 0 Å². The van der Waals surface area contributed by atoms with Crippen molar-refractivity contribution in [2.24, 2.45) is 5.92 Å². The van der Waals surface area contributed by atoms with Crippen molar-refractivity contribution in [3.63, 3.8) is 0 Å². The number of imidazole rings is 1. The number of fused-ring (bicyclic) bond motifs is 1. The highest BCUT2D eigenvalue weighted by atomic mass is 32.3. The van der Waals surface area contributed by atoms with E-state index in [0.717, 1.165) is 0 Å². The first-order chi connectivity index (χ1) is 10.9. The van der Waals surface area contributed by atoms with Crippen LogP contribution in [-0.4, -0.2) is 44.2 Å². The average molecular weight is 342 g/mol. The van der Waals surface area contributed by atoms with E-state index in [1.165, 1.54) is 6.33 Å². The van der Waals surface area contributed by atoms with Gasteiger partial charge in [0.1, 0.15) is 0 Å². The summed E-state index contributed by atoms with van der Waals surface area (Å²) in [5.74, 6) is -0.164. The van der Waals surface area contributed by atoms with Crippen LogP contribution in [-0.2, 0) is 14.7 Å². The van der Waals surface area contributed by atoms with E-state index in [0.29, 0.717) is 12.1 Å². The number of hydrogen-bond donors (Lipinski definition) is 4. The molecule has 0 saturated carbocycles. The summed E-state index contributed by atoms with van der Waals surface area (Å²) >= 11 is 0. The predicted octanol–water partition coefficient (Wildman–Crippen LogP) is -0.336. The average Bonchev–Trinajstić information content (AvgIpc) is 3.09. The van der Waals surface area contributed by atoms with Crippen LogP contribution >= 0.6 is 0 Å². The van der Waals surface area contributed by atoms with Gasteiger partial charge in [-0.2, -0.15) is 18.4 Å². The van der Waals surface area contributed by atoms with E-state index in [4.69, 9.17) is 10.3 Å². The number of anilines is 2. The number of nitrogens with one attached hydrogen (secondary N) is 1. The van der Waals surface area contributed by atoms with Crippen LogP contribution < -0.4 is 11.2 Å². The lowest BCUT2D eigenvalue weighted by Gasteiger charge is -2.13. The number of allylic oxidation sites excluding steroid dienone is 1. The number of rotatable bonds is 5. The highest BCUT2D eigenvalue weighted by Crippen LogP contribution is 2.31. The van der Waals surface area contributed by atoms with Crippen LogP contribution in [0.4, 0.5) is 11.8 Å². The highest BCUT2D eigenvalue weighted by molar-refractivity contribution is 7.80. The van der Waals surface area contributed by atoms with Crippen LogP contribution in [0.25, 0.3) is 11.2 Å². The summed E-state index contributed by atoms with van der Waals surface area (Å²) in [4.78, 5) is 12.0. The van der Waals surface area contributed by atoms with Gasteiger partial charge >= 0.3 is 10.4 Å². The number of nitrogens with zero attached hydrogens (tertiary/aromatic N) is 4. The minimum atomic E-state index is -4.71. The second-order valence-corrected chi connectivity index (χ2v) is 6.02. The van der Waals surface area contributed by atoms with Gasteiger partial charge in [-0.1, -0.05) is 12.2 Å². The molecule has 11 nitrogen and oxygen atoms in total. The predicted molar refractivity (Wildman–Crippen MR) is 79.4 cm³/mol. The van der Waals surface area contributed by atoms with Gasteiger partial charge in [0.2, 0.25) is 5.95 Å². The molecule has 2 heterocycles. The zero-order chi connectivity index (χ0) is 16.6. The summed E-state index contributed by atoms with van der Waals surface area (Å²) < 4.78 is 35.7. The van der Waals surface area contributed by atoms with Crippen molar-refractivity contribution >= 4 is 33.3 Å². The van der Waals surface area contributed by atoms with Gasteiger partial charge in [0.15, 0.2) is 17.0 Å². The Morgan fingerprint density at radius 2 is 2.22 bits per heavy atom. The van der Waals surface area contributed by atoms with Gasteiger partial charge in [-0.05, 0) is 6.42 Å². The Bertz CT molecular complexity index is 863. The first kappa shape index (κ1) is 15.6. The maximum Gasteiger partial charge on any atom is 0.418 e. The third-order valence-corrected chi connectivity index (χ3v) is 3.72. The Morgan fingerprint density at radius 3 is 2.87 bits per heavy atom. The summed E-state index contributed by atoms with van der Waals surface area (Å²) in [6.07, 6.45) is 6.01. The van der Waals surface area contributed by atoms with Gasteiger partial charge < -0.3 is 15.4 Å². The second-order valence-electron chi connectivity index (χ2n) is 5.00. The quantitative estimate of drug-likeness (QED) is 0.321. The fraction of sp³-hybridized carbons (Fsp3) is 0.364. The van der Waals surface area contributed by atoms with Gasteiger partial charge in [-0.25, -0.2) is 10.5 Å². The second kappa shape index (κ2) is 5.73. The zero-order valence-corrected chi connectivity index (χ0v) is 12.5. The summed E-state index contributed by atoms with van der Waals surface area (Å²) in [7, 11) is -4.71. The lowest BCUT2D eigenvalue weighted by Crippen LogP contribution is -2.13. The molecule has 1 aliphatic carbocycles. The third kappa shape index (κ3) is 3.24. The Balaban J connectivity index is 1.97. The molecule has 23 heavy (non-hydrogen) atoms. The number of hydrogen-bond acceptors (Lipinski definition) is 9. The molecule has 0 amide bonds. The molecule has 3 rings (SSSR count). The number of nitrogen functional groups attached to an aromatic ring is 1. The number of aliphatic hydroxyl groups is 1. The molecule has 1 aliphatic rings. The Kier molecular flexibility index (Phi) is 3.89. The molecule has 12 heteroatoms. The van der Waals surface area contributed by atoms with E-state index < -0.39 is 10.4 Å². The molecular formula is C11H14N6O5S. The van der Waals surface area contributed by atoms with Crippen molar-refractivity contribution in [3.05, 3.63) is 18.5 Å².